The van der Waals surface area contributed by atoms with Crippen LogP contribution in [-0.2, 0) is 0 Å². The van der Waals surface area contributed by atoms with Gasteiger partial charge in [-0.3, -0.25) is 0 Å². The molecule has 0 aromatic carbocycles. The minimum atomic E-state index is 0.351. The summed E-state index contributed by atoms with van der Waals surface area (Å²) in [6.07, 6.45) is 12.3. The van der Waals surface area contributed by atoms with E-state index in [1.807, 2.05) is 0 Å². The second-order valence-electron chi connectivity index (χ2n) is 5.52. The number of alkyl halides is 1. The van der Waals surface area contributed by atoms with E-state index in [0.717, 1.165) is 17.8 Å². The zero-order valence-corrected chi connectivity index (χ0v) is 9.47. The van der Waals surface area contributed by atoms with Crippen molar-refractivity contribution in [2.75, 3.05) is 0 Å². The van der Waals surface area contributed by atoms with E-state index in [-0.39, 0.29) is 0 Å². The number of allylic oxidation sites excluding steroid dienone is 2. The molecule has 3 rings (SSSR count). The molecule has 0 heterocycles. The van der Waals surface area contributed by atoms with E-state index in [1.165, 1.54) is 38.5 Å². The van der Waals surface area contributed by atoms with Crippen molar-refractivity contribution in [3.63, 3.8) is 0 Å². The monoisotopic (exact) mass is 210 g/mol. The van der Waals surface area contributed by atoms with Gasteiger partial charge in [-0.05, 0) is 56.3 Å². The third-order valence-electron chi connectivity index (χ3n) is 4.57. The first-order valence-corrected chi connectivity index (χ1v) is 6.58. The molecule has 4 unspecified atom stereocenters. The highest BCUT2D eigenvalue weighted by molar-refractivity contribution is 6.22. The van der Waals surface area contributed by atoms with Gasteiger partial charge >= 0.3 is 0 Å². The third-order valence-corrected chi connectivity index (χ3v) is 4.91. The Balaban J connectivity index is 1.60. The van der Waals surface area contributed by atoms with Crippen LogP contribution in [0, 0.1) is 17.8 Å². The molecule has 0 spiro atoms. The summed E-state index contributed by atoms with van der Waals surface area (Å²) in [5, 5.41) is 0.351. The fourth-order valence-electron chi connectivity index (χ4n) is 3.88. The van der Waals surface area contributed by atoms with Gasteiger partial charge in [0.15, 0.2) is 0 Å². The van der Waals surface area contributed by atoms with Gasteiger partial charge in [-0.25, -0.2) is 0 Å². The molecule has 0 aromatic rings. The van der Waals surface area contributed by atoms with Crippen LogP contribution in [0.3, 0.4) is 0 Å². The zero-order valence-electron chi connectivity index (χ0n) is 8.71. The molecule has 0 saturated heterocycles. The van der Waals surface area contributed by atoms with Crippen molar-refractivity contribution >= 4 is 11.6 Å². The van der Waals surface area contributed by atoms with E-state index in [1.54, 1.807) is 12.0 Å². The van der Waals surface area contributed by atoms with Crippen LogP contribution in [0.2, 0.25) is 0 Å². The van der Waals surface area contributed by atoms with E-state index >= 15 is 0 Å². The van der Waals surface area contributed by atoms with Crippen LogP contribution in [0.1, 0.15) is 44.9 Å². The molecule has 0 N–H and O–H groups in total. The Morgan fingerprint density at radius 1 is 1.21 bits per heavy atom. The van der Waals surface area contributed by atoms with E-state index < -0.39 is 0 Å². The Bertz CT molecular complexity index is 256. The van der Waals surface area contributed by atoms with Gasteiger partial charge in [0, 0.05) is 0 Å². The summed E-state index contributed by atoms with van der Waals surface area (Å²) < 4.78 is 0. The van der Waals surface area contributed by atoms with Gasteiger partial charge in [0.1, 0.15) is 0 Å². The molecule has 0 nitrogen and oxygen atoms in total. The molecular formula is C13H19Cl. The van der Waals surface area contributed by atoms with Gasteiger partial charge in [0.2, 0.25) is 0 Å². The highest BCUT2D eigenvalue weighted by Gasteiger charge is 2.39. The van der Waals surface area contributed by atoms with Crippen LogP contribution in [0.5, 0.6) is 0 Å². The summed E-state index contributed by atoms with van der Waals surface area (Å²) in [6, 6.07) is 0. The van der Waals surface area contributed by atoms with Crippen molar-refractivity contribution in [2.45, 2.75) is 50.3 Å². The Kier molecular flexibility index (Phi) is 2.35. The first kappa shape index (κ1) is 9.27. The summed E-state index contributed by atoms with van der Waals surface area (Å²) >= 11 is 6.10. The van der Waals surface area contributed by atoms with Crippen LogP contribution < -0.4 is 0 Å². The fraction of sp³-hybridized carbons (Fsp3) is 0.846. The van der Waals surface area contributed by atoms with Gasteiger partial charge < -0.3 is 0 Å². The van der Waals surface area contributed by atoms with Crippen molar-refractivity contribution < 1.29 is 0 Å². The quantitative estimate of drug-likeness (QED) is 0.475. The lowest BCUT2D eigenvalue weighted by Crippen LogP contribution is -2.10. The third kappa shape index (κ3) is 1.62. The van der Waals surface area contributed by atoms with Crippen molar-refractivity contribution in [3.05, 3.63) is 11.6 Å². The second kappa shape index (κ2) is 3.56. The number of halogens is 1. The van der Waals surface area contributed by atoms with Crippen LogP contribution in [-0.4, -0.2) is 5.38 Å². The molecule has 4 atom stereocenters. The minimum absolute atomic E-state index is 0.351. The molecule has 0 aromatic heterocycles. The SMILES string of the molecule is ClC1C=C(CC2CC3CCC2C3)CC1. The van der Waals surface area contributed by atoms with Crippen LogP contribution in [0.15, 0.2) is 11.6 Å². The number of hydrogen-bond donors (Lipinski definition) is 0. The predicted molar refractivity (Wildman–Crippen MR) is 60.5 cm³/mol. The van der Waals surface area contributed by atoms with Gasteiger partial charge in [-0.15, -0.1) is 11.6 Å². The summed E-state index contributed by atoms with van der Waals surface area (Å²) in [5.41, 5.74) is 1.67. The topological polar surface area (TPSA) is 0 Å². The first-order chi connectivity index (χ1) is 6.81. The normalized spacial score (nSPS) is 45.9. The zero-order chi connectivity index (χ0) is 9.54. The predicted octanol–water partition coefficient (Wildman–Crippen LogP) is 4.14. The van der Waals surface area contributed by atoms with Crippen LogP contribution in [0.25, 0.3) is 0 Å². The summed E-state index contributed by atoms with van der Waals surface area (Å²) in [4.78, 5) is 0. The van der Waals surface area contributed by atoms with Crippen LogP contribution >= 0.6 is 11.6 Å². The molecule has 0 aliphatic heterocycles. The maximum Gasteiger partial charge on any atom is 0.0521 e. The van der Waals surface area contributed by atoms with Gasteiger partial charge in [0.25, 0.3) is 0 Å². The second-order valence-corrected chi connectivity index (χ2v) is 6.08. The lowest BCUT2D eigenvalue weighted by Gasteiger charge is -2.21. The molecule has 0 radical (unpaired) electrons. The molecule has 0 amide bonds. The molecule has 3 aliphatic rings. The molecule has 3 aliphatic carbocycles. The van der Waals surface area contributed by atoms with E-state index in [9.17, 15) is 0 Å². The Hall–Kier alpha value is 0.0300. The number of rotatable bonds is 2. The smallest absolute Gasteiger partial charge is 0.0521 e. The largest absolute Gasteiger partial charge is 0.118 e. The molecule has 2 bridgehead atoms. The Labute approximate surface area is 91.7 Å². The van der Waals surface area contributed by atoms with Crippen molar-refractivity contribution in [1.29, 1.82) is 0 Å². The molecule has 2 fully saturated rings. The van der Waals surface area contributed by atoms with Gasteiger partial charge in [-0.1, -0.05) is 18.1 Å². The minimum Gasteiger partial charge on any atom is -0.118 e. The summed E-state index contributed by atoms with van der Waals surface area (Å²) in [5.74, 6) is 3.20. The van der Waals surface area contributed by atoms with Crippen molar-refractivity contribution in [3.8, 4) is 0 Å². The van der Waals surface area contributed by atoms with Crippen LogP contribution in [0.4, 0.5) is 0 Å². The average molecular weight is 211 g/mol. The number of hydrogen-bond acceptors (Lipinski definition) is 0. The lowest BCUT2D eigenvalue weighted by molar-refractivity contribution is 0.329. The molecule has 14 heavy (non-hydrogen) atoms. The van der Waals surface area contributed by atoms with Gasteiger partial charge in [-0.2, -0.15) is 0 Å². The highest BCUT2D eigenvalue weighted by Crippen LogP contribution is 2.51. The fourth-order valence-corrected chi connectivity index (χ4v) is 4.17. The van der Waals surface area contributed by atoms with Gasteiger partial charge in [0.05, 0.1) is 5.38 Å². The average Bonchev–Trinajstić information content (AvgIpc) is 2.82. The van der Waals surface area contributed by atoms with Crippen molar-refractivity contribution in [2.24, 2.45) is 17.8 Å². The maximum absolute atomic E-state index is 6.10. The lowest BCUT2D eigenvalue weighted by atomic mass is 9.84. The highest BCUT2D eigenvalue weighted by atomic mass is 35.5. The van der Waals surface area contributed by atoms with E-state index in [4.69, 9.17) is 11.6 Å². The summed E-state index contributed by atoms with van der Waals surface area (Å²) in [7, 11) is 0. The van der Waals surface area contributed by atoms with E-state index in [2.05, 4.69) is 6.08 Å². The number of fused-ring (bicyclic) bond motifs is 2. The van der Waals surface area contributed by atoms with E-state index in [0.29, 0.717) is 5.38 Å². The molecule has 1 heteroatoms. The Morgan fingerprint density at radius 3 is 2.71 bits per heavy atom. The summed E-state index contributed by atoms with van der Waals surface area (Å²) in [6.45, 7) is 0. The molecule has 78 valence electrons. The first-order valence-electron chi connectivity index (χ1n) is 6.15. The molecule has 2 saturated carbocycles. The van der Waals surface area contributed by atoms with Crippen molar-refractivity contribution in [1.82, 2.24) is 0 Å². The maximum atomic E-state index is 6.10. The standard InChI is InChI=1S/C13H19Cl/c14-13-4-2-10(8-13)7-12-6-9-1-3-11(12)5-9/h8-9,11-13H,1-7H2. The Morgan fingerprint density at radius 2 is 2.14 bits per heavy atom. The molecular weight excluding hydrogens is 192 g/mol.